The van der Waals surface area contributed by atoms with Crippen LogP contribution in [-0.2, 0) is 0 Å². The lowest BCUT2D eigenvalue weighted by atomic mass is 10.2. The van der Waals surface area contributed by atoms with Gasteiger partial charge < -0.3 is 15.2 Å². The molecule has 1 atom stereocenters. The van der Waals surface area contributed by atoms with Crippen molar-refractivity contribution in [1.82, 2.24) is 5.32 Å². The van der Waals surface area contributed by atoms with Crippen molar-refractivity contribution in [2.24, 2.45) is 0 Å². The van der Waals surface area contributed by atoms with Crippen molar-refractivity contribution < 1.29 is 14.6 Å². The van der Waals surface area contributed by atoms with E-state index in [-0.39, 0.29) is 6.61 Å². The van der Waals surface area contributed by atoms with Gasteiger partial charge in [-0.2, -0.15) is 0 Å². The number of rotatable bonds is 7. The van der Waals surface area contributed by atoms with Gasteiger partial charge in [0.05, 0.1) is 0 Å². The highest BCUT2D eigenvalue weighted by Crippen LogP contribution is 2.11. The molecule has 1 aromatic rings. The summed E-state index contributed by atoms with van der Waals surface area (Å²) < 4.78 is 5.39. The van der Waals surface area contributed by atoms with Crippen LogP contribution in [0.15, 0.2) is 24.3 Å². The second kappa shape index (κ2) is 7.04. The first kappa shape index (κ1) is 13.7. The Hall–Kier alpha value is -1.39. The van der Waals surface area contributed by atoms with Gasteiger partial charge >= 0.3 is 0 Å². The van der Waals surface area contributed by atoms with Crippen LogP contribution in [-0.4, -0.2) is 36.7 Å². The fourth-order valence-electron chi connectivity index (χ4n) is 1.27. The molecule has 0 amide bonds. The molecule has 0 saturated heterocycles. The first-order chi connectivity index (χ1) is 8.11. The summed E-state index contributed by atoms with van der Waals surface area (Å²) in [4.78, 5) is 10.4. The summed E-state index contributed by atoms with van der Waals surface area (Å²) in [6.07, 6.45) is 0.244. The lowest BCUT2D eigenvalue weighted by Gasteiger charge is -2.14. The maximum Gasteiger partial charge on any atom is 0.150 e. The van der Waals surface area contributed by atoms with Crippen LogP contribution in [0.25, 0.3) is 0 Å². The smallest absolute Gasteiger partial charge is 0.150 e. The van der Waals surface area contributed by atoms with Gasteiger partial charge in [-0.3, -0.25) is 4.79 Å². The van der Waals surface area contributed by atoms with Gasteiger partial charge in [0.25, 0.3) is 0 Å². The second-order valence-electron chi connectivity index (χ2n) is 4.21. The highest BCUT2D eigenvalue weighted by atomic mass is 16.5. The summed E-state index contributed by atoms with van der Waals surface area (Å²) in [7, 11) is 0. The van der Waals surface area contributed by atoms with Gasteiger partial charge in [-0.1, -0.05) is 13.8 Å². The number of benzene rings is 1. The quantitative estimate of drug-likeness (QED) is 0.700. The van der Waals surface area contributed by atoms with Crippen LogP contribution in [0.2, 0.25) is 0 Å². The molecule has 1 aromatic carbocycles. The van der Waals surface area contributed by atoms with Crippen molar-refractivity contribution in [2.75, 3.05) is 13.2 Å². The monoisotopic (exact) mass is 237 g/mol. The van der Waals surface area contributed by atoms with E-state index in [2.05, 4.69) is 5.32 Å². The summed E-state index contributed by atoms with van der Waals surface area (Å²) in [6, 6.07) is 7.14. The Kier molecular flexibility index (Phi) is 5.66. The lowest BCUT2D eigenvalue weighted by molar-refractivity contribution is 0.104. The number of hydrogen-bond donors (Lipinski definition) is 2. The Balaban J connectivity index is 2.31. The number of ether oxygens (including phenoxy) is 1. The molecule has 0 aliphatic carbocycles. The number of hydrogen-bond acceptors (Lipinski definition) is 4. The van der Waals surface area contributed by atoms with Crippen molar-refractivity contribution in [2.45, 2.75) is 26.0 Å². The van der Waals surface area contributed by atoms with Crippen LogP contribution < -0.4 is 10.1 Å². The zero-order valence-electron chi connectivity index (χ0n) is 10.2. The number of aliphatic hydroxyl groups is 1. The Morgan fingerprint density at radius 1 is 1.35 bits per heavy atom. The third kappa shape index (κ3) is 5.47. The predicted octanol–water partition coefficient (Wildman–Crippen LogP) is 1.24. The van der Waals surface area contributed by atoms with E-state index < -0.39 is 6.10 Å². The van der Waals surface area contributed by atoms with E-state index in [4.69, 9.17) is 4.74 Å². The molecule has 0 heterocycles. The molecule has 94 valence electrons. The van der Waals surface area contributed by atoms with Crippen molar-refractivity contribution in [3.05, 3.63) is 29.8 Å². The molecule has 0 aliphatic rings. The molecule has 0 aliphatic heterocycles. The minimum absolute atomic E-state index is 0.236. The van der Waals surface area contributed by atoms with Crippen LogP contribution in [0.5, 0.6) is 5.75 Å². The minimum Gasteiger partial charge on any atom is -0.491 e. The number of carbonyl (C=O) groups excluding carboxylic acids is 1. The van der Waals surface area contributed by atoms with E-state index in [0.29, 0.717) is 23.9 Å². The summed E-state index contributed by atoms with van der Waals surface area (Å²) in [5, 5.41) is 12.7. The van der Waals surface area contributed by atoms with Gasteiger partial charge in [-0.05, 0) is 24.3 Å². The van der Waals surface area contributed by atoms with E-state index in [1.165, 1.54) is 0 Å². The van der Waals surface area contributed by atoms with Crippen LogP contribution in [0, 0.1) is 0 Å². The molecule has 0 radical (unpaired) electrons. The SMILES string of the molecule is CC(C)NC[C@@H](O)COc1ccc(C=O)cc1. The number of carbonyl (C=O) groups is 1. The molecule has 0 bridgehead atoms. The fourth-order valence-corrected chi connectivity index (χ4v) is 1.27. The van der Waals surface area contributed by atoms with Gasteiger partial charge in [0.1, 0.15) is 24.7 Å². The standard InChI is InChI=1S/C13H19NO3/c1-10(2)14-7-12(16)9-17-13-5-3-11(8-15)4-6-13/h3-6,8,10,12,14,16H,7,9H2,1-2H3/t12-/m1/s1. The topological polar surface area (TPSA) is 58.6 Å². The Bertz CT molecular complexity index is 335. The van der Waals surface area contributed by atoms with Gasteiger partial charge in [0, 0.05) is 18.2 Å². The third-order valence-corrected chi connectivity index (χ3v) is 2.22. The van der Waals surface area contributed by atoms with Crippen LogP contribution in [0.4, 0.5) is 0 Å². The van der Waals surface area contributed by atoms with Gasteiger partial charge in [-0.15, -0.1) is 0 Å². The molecular weight excluding hydrogens is 218 g/mol. The maximum atomic E-state index is 10.4. The predicted molar refractivity (Wildman–Crippen MR) is 66.5 cm³/mol. The average molecular weight is 237 g/mol. The van der Waals surface area contributed by atoms with Gasteiger partial charge in [0.15, 0.2) is 0 Å². The van der Waals surface area contributed by atoms with E-state index in [0.717, 1.165) is 6.29 Å². The van der Waals surface area contributed by atoms with Crippen molar-refractivity contribution in [1.29, 1.82) is 0 Å². The summed E-state index contributed by atoms with van der Waals surface area (Å²) >= 11 is 0. The fraction of sp³-hybridized carbons (Fsp3) is 0.462. The molecule has 0 spiro atoms. The van der Waals surface area contributed by atoms with Crippen LogP contribution >= 0.6 is 0 Å². The lowest BCUT2D eigenvalue weighted by Crippen LogP contribution is -2.35. The van der Waals surface area contributed by atoms with E-state index in [9.17, 15) is 9.90 Å². The molecule has 4 nitrogen and oxygen atoms in total. The highest BCUT2D eigenvalue weighted by Gasteiger charge is 2.05. The molecule has 0 aromatic heterocycles. The van der Waals surface area contributed by atoms with Crippen molar-refractivity contribution in [3.63, 3.8) is 0 Å². The van der Waals surface area contributed by atoms with Crippen LogP contribution in [0.3, 0.4) is 0 Å². The number of nitrogens with one attached hydrogen (secondary N) is 1. The Morgan fingerprint density at radius 3 is 2.53 bits per heavy atom. The average Bonchev–Trinajstić information content (AvgIpc) is 2.34. The minimum atomic E-state index is -0.539. The Morgan fingerprint density at radius 2 is 2.00 bits per heavy atom. The Labute approximate surface area is 102 Å². The molecular formula is C13H19NO3. The zero-order chi connectivity index (χ0) is 12.7. The highest BCUT2D eigenvalue weighted by molar-refractivity contribution is 5.74. The molecule has 2 N–H and O–H groups in total. The number of aliphatic hydroxyl groups excluding tert-OH is 1. The summed E-state index contributed by atoms with van der Waals surface area (Å²) in [5.74, 6) is 0.652. The summed E-state index contributed by atoms with van der Waals surface area (Å²) in [6.45, 7) is 4.78. The van der Waals surface area contributed by atoms with E-state index in [1.54, 1.807) is 24.3 Å². The maximum absolute atomic E-state index is 10.4. The molecule has 0 unspecified atom stereocenters. The van der Waals surface area contributed by atoms with E-state index in [1.807, 2.05) is 13.8 Å². The van der Waals surface area contributed by atoms with Crippen molar-refractivity contribution >= 4 is 6.29 Å². The molecule has 1 rings (SSSR count). The van der Waals surface area contributed by atoms with E-state index >= 15 is 0 Å². The molecule has 0 saturated carbocycles. The first-order valence-electron chi connectivity index (χ1n) is 5.71. The molecule has 0 fully saturated rings. The molecule has 17 heavy (non-hydrogen) atoms. The number of aldehydes is 1. The van der Waals surface area contributed by atoms with Gasteiger partial charge in [-0.25, -0.2) is 0 Å². The van der Waals surface area contributed by atoms with Gasteiger partial charge in [0.2, 0.25) is 0 Å². The first-order valence-corrected chi connectivity index (χ1v) is 5.71. The normalized spacial score (nSPS) is 12.5. The summed E-state index contributed by atoms with van der Waals surface area (Å²) in [5.41, 5.74) is 0.611. The van der Waals surface area contributed by atoms with Crippen molar-refractivity contribution in [3.8, 4) is 5.75 Å². The largest absolute Gasteiger partial charge is 0.491 e. The molecule has 4 heteroatoms. The zero-order valence-corrected chi connectivity index (χ0v) is 10.2. The van der Waals surface area contributed by atoms with Crippen LogP contribution in [0.1, 0.15) is 24.2 Å². The third-order valence-electron chi connectivity index (χ3n) is 2.22. The second-order valence-corrected chi connectivity index (χ2v) is 4.21.